The lowest BCUT2D eigenvalue weighted by Crippen LogP contribution is -2.27. The van der Waals surface area contributed by atoms with Crippen LogP contribution in [0.4, 0.5) is 10.5 Å². The Morgan fingerprint density at radius 3 is 2.15 bits per heavy atom. The Labute approximate surface area is 115 Å². The molecule has 20 heavy (non-hydrogen) atoms. The number of carbonyl (C=O) groups excluding carboxylic acids is 2. The van der Waals surface area contributed by atoms with Crippen molar-refractivity contribution in [2.45, 2.75) is 0 Å². The summed E-state index contributed by atoms with van der Waals surface area (Å²) in [6, 6.07) is 16.0. The van der Waals surface area contributed by atoms with Gasteiger partial charge in [0.25, 0.3) is 0 Å². The minimum absolute atomic E-state index is 0.0533. The zero-order valence-corrected chi connectivity index (χ0v) is 10.6. The lowest BCUT2D eigenvalue weighted by atomic mass is 10.2. The van der Waals surface area contributed by atoms with E-state index in [9.17, 15) is 9.59 Å². The van der Waals surface area contributed by atoms with Crippen LogP contribution in [0.25, 0.3) is 0 Å². The Bertz CT molecular complexity index is 638. The van der Waals surface area contributed by atoms with Crippen LogP contribution >= 0.6 is 0 Å². The number of benzene rings is 2. The minimum atomic E-state index is -0.397. The van der Waals surface area contributed by atoms with Crippen molar-refractivity contribution >= 4 is 17.6 Å². The summed E-state index contributed by atoms with van der Waals surface area (Å²) in [6.45, 7) is 0.0533. The van der Waals surface area contributed by atoms with Gasteiger partial charge in [-0.3, -0.25) is 15.0 Å². The predicted molar refractivity (Wildman–Crippen MR) is 73.8 cm³/mol. The predicted octanol–water partition coefficient (Wildman–Crippen LogP) is 2.54. The molecule has 1 fully saturated rings. The molecular weight excluding hydrogens is 256 g/mol. The second-order valence-electron chi connectivity index (χ2n) is 4.35. The summed E-state index contributed by atoms with van der Waals surface area (Å²) in [6.07, 6.45) is 0. The molecule has 2 aromatic carbocycles. The highest BCUT2D eigenvalue weighted by Gasteiger charge is 2.27. The van der Waals surface area contributed by atoms with E-state index < -0.39 is 6.03 Å². The number of hydrogen-bond acceptors (Lipinski definition) is 3. The SMILES string of the molecule is O=C1CN(c2ccc(Oc3ccccc3)cc2)C(=O)N1. The van der Waals surface area contributed by atoms with Crippen molar-refractivity contribution in [3.63, 3.8) is 0 Å². The van der Waals surface area contributed by atoms with Gasteiger partial charge in [-0.15, -0.1) is 0 Å². The van der Waals surface area contributed by atoms with Gasteiger partial charge < -0.3 is 4.74 Å². The topological polar surface area (TPSA) is 58.6 Å². The molecule has 3 amide bonds. The average Bonchev–Trinajstić information content (AvgIpc) is 2.80. The molecule has 0 aliphatic carbocycles. The zero-order valence-electron chi connectivity index (χ0n) is 10.6. The standard InChI is InChI=1S/C15H12N2O3/c18-14-10-17(15(19)16-14)11-6-8-13(9-7-11)20-12-4-2-1-3-5-12/h1-9H,10H2,(H,16,18,19). The van der Waals surface area contributed by atoms with Crippen LogP contribution in [0.3, 0.4) is 0 Å². The summed E-state index contributed by atoms with van der Waals surface area (Å²) in [5.41, 5.74) is 0.661. The van der Waals surface area contributed by atoms with Crippen molar-refractivity contribution in [2.75, 3.05) is 11.4 Å². The molecule has 0 unspecified atom stereocenters. The summed E-state index contributed by atoms with van der Waals surface area (Å²) in [5, 5.41) is 2.24. The number of amides is 3. The highest BCUT2D eigenvalue weighted by atomic mass is 16.5. The van der Waals surface area contributed by atoms with Crippen molar-refractivity contribution in [1.29, 1.82) is 0 Å². The van der Waals surface area contributed by atoms with E-state index in [4.69, 9.17) is 4.74 Å². The van der Waals surface area contributed by atoms with Crippen molar-refractivity contribution in [2.24, 2.45) is 0 Å². The quantitative estimate of drug-likeness (QED) is 0.870. The van der Waals surface area contributed by atoms with Gasteiger partial charge in [-0.2, -0.15) is 0 Å². The molecule has 1 saturated heterocycles. The number of anilines is 1. The second kappa shape index (κ2) is 5.05. The average molecular weight is 268 g/mol. The van der Waals surface area contributed by atoms with Gasteiger partial charge in [0, 0.05) is 5.69 Å². The maximum absolute atomic E-state index is 11.5. The Morgan fingerprint density at radius 2 is 1.55 bits per heavy atom. The molecular formula is C15H12N2O3. The van der Waals surface area contributed by atoms with Crippen LogP contribution in [0.15, 0.2) is 54.6 Å². The summed E-state index contributed by atoms with van der Waals surface area (Å²) >= 11 is 0. The molecule has 5 heteroatoms. The van der Waals surface area contributed by atoms with Gasteiger partial charge >= 0.3 is 6.03 Å². The normalized spacial score (nSPS) is 14.3. The molecule has 0 atom stereocenters. The van der Waals surface area contributed by atoms with Gasteiger partial charge in [0.1, 0.15) is 18.0 Å². The third kappa shape index (κ3) is 2.47. The number of imide groups is 1. The first-order valence-electron chi connectivity index (χ1n) is 6.17. The van der Waals surface area contributed by atoms with Gasteiger partial charge in [0.15, 0.2) is 0 Å². The van der Waals surface area contributed by atoms with Gasteiger partial charge in [-0.25, -0.2) is 4.79 Å². The smallest absolute Gasteiger partial charge is 0.329 e. The number of nitrogens with one attached hydrogen (secondary N) is 1. The van der Waals surface area contributed by atoms with E-state index in [1.807, 2.05) is 30.3 Å². The van der Waals surface area contributed by atoms with E-state index in [0.717, 1.165) is 5.75 Å². The molecule has 1 aliphatic heterocycles. The Kier molecular flexibility index (Phi) is 3.09. The number of carbonyl (C=O) groups is 2. The van der Waals surface area contributed by atoms with Crippen molar-refractivity contribution < 1.29 is 14.3 Å². The fourth-order valence-corrected chi connectivity index (χ4v) is 1.97. The molecule has 0 saturated carbocycles. The van der Waals surface area contributed by atoms with Crippen LogP contribution in [0.5, 0.6) is 11.5 Å². The third-order valence-electron chi connectivity index (χ3n) is 2.92. The molecule has 0 bridgehead atoms. The van der Waals surface area contributed by atoms with E-state index in [1.54, 1.807) is 24.3 Å². The Hall–Kier alpha value is -2.82. The molecule has 1 heterocycles. The molecule has 0 aromatic heterocycles. The summed E-state index contributed by atoms with van der Waals surface area (Å²) < 4.78 is 5.66. The molecule has 1 N–H and O–H groups in total. The van der Waals surface area contributed by atoms with Crippen LogP contribution < -0.4 is 15.0 Å². The number of urea groups is 1. The molecule has 5 nitrogen and oxygen atoms in total. The van der Waals surface area contributed by atoms with E-state index in [-0.39, 0.29) is 12.5 Å². The molecule has 1 aliphatic rings. The maximum Gasteiger partial charge on any atom is 0.329 e. The van der Waals surface area contributed by atoms with Gasteiger partial charge in [-0.05, 0) is 36.4 Å². The van der Waals surface area contributed by atoms with Crippen LogP contribution in [-0.4, -0.2) is 18.5 Å². The van der Waals surface area contributed by atoms with Crippen LogP contribution in [0, 0.1) is 0 Å². The number of rotatable bonds is 3. The van der Waals surface area contributed by atoms with Gasteiger partial charge in [0.05, 0.1) is 0 Å². The first-order valence-corrected chi connectivity index (χ1v) is 6.17. The number of nitrogens with zero attached hydrogens (tertiary/aromatic N) is 1. The van der Waals surface area contributed by atoms with Gasteiger partial charge in [-0.1, -0.05) is 18.2 Å². The third-order valence-corrected chi connectivity index (χ3v) is 2.92. The monoisotopic (exact) mass is 268 g/mol. The fourth-order valence-electron chi connectivity index (χ4n) is 1.97. The lowest BCUT2D eigenvalue weighted by Gasteiger charge is -2.13. The summed E-state index contributed by atoms with van der Waals surface area (Å²) in [7, 11) is 0. The van der Waals surface area contributed by atoms with E-state index >= 15 is 0 Å². The Morgan fingerprint density at radius 1 is 0.900 bits per heavy atom. The Balaban J connectivity index is 1.75. The van der Waals surface area contributed by atoms with E-state index in [2.05, 4.69) is 5.32 Å². The van der Waals surface area contributed by atoms with Crippen LogP contribution in [0.2, 0.25) is 0 Å². The molecule has 100 valence electrons. The molecule has 3 rings (SSSR count). The molecule has 0 spiro atoms. The largest absolute Gasteiger partial charge is 0.457 e. The molecule has 0 radical (unpaired) electrons. The van der Waals surface area contributed by atoms with Gasteiger partial charge in [0.2, 0.25) is 5.91 Å². The number of ether oxygens (including phenoxy) is 1. The summed E-state index contributed by atoms with van der Waals surface area (Å²) in [4.78, 5) is 24.1. The van der Waals surface area contributed by atoms with Crippen molar-refractivity contribution in [3.8, 4) is 11.5 Å². The summed E-state index contributed by atoms with van der Waals surface area (Å²) in [5.74, 6) is 1.12. The molecule has 2 aromatic rings. The minimum Gasteiger partial charge on any atom is -0.457 e. The maximum atomic E-state index is 11.5. The first kappa shape index (κ1) is 12.2. The zero-order chi connectivity index (χ0) is 13.9. The second-order valence-corrected chi connectivity index (χ2v) is 4.35. The number of hydrogen-bond donors (Lipinski definition) is 1. The van der Waals surface area contributed by atoms with Crippen LogP contribution in [0.1, 0.15) is 0 Å². The number of para-hydroxylation sites is 1. The van der Waals surface area contributed by atoms with Crippen molar-refractivity contribution in [1.82, 2.24) is 5.32 Å². The van der Waals surface area contributed by atoms with E-state index in [1.165, 1.54) is 4.90 Å². The van der Waals surface area contributed by atoms with E-state index in [0.29, 0.717) is 11.4 Å². The van der Waals surface area contributed by atoms with Crippen LogP contribution in [-0.2, 0) is 4.79 Å². The highest BCUT2D eigenvalue weighted by Crippen LogP contribution is 2.25. The first-order chi connectivity index (χ1) is 9.72. The van der Waals surface area contributed by atoms with Crippen molar-refractivity contribution in [3.05, 3.63) is 54.6 Å². The highest BCUT2D eigenvalue weighted by molar-refractivity contribution is 6.12. The lowest BCUT2D eigenvalue weighted by molar-refractivity contribution is -0.117. The fraction of sp³-hybridized carbons (Fsp3) is 0.0667.